The Morgan fingerprint density at radius 2 is 1.22 bits per heavy atom. The smallest absolute Gasteiger partial charge is 0.243 e. The molecule has 0 aromatic heterocycles. The van der Waals surface area contributed by atoms with Gasteiger partial charge in [0.15, 0.2) is 0 Å². The number of carbonyl (C=O) groups is 2. The lowest BCUT2D eigenvalue weighted by Gasteiger charge is -2.11. The number of anilines is 3. The normalized spacial score (nSPS) is 10.3. The summed E-state index contributed by atoms with van der Waals surface area (Å²) in [6, 6.07) is 34.5. The molecule has 3 N–H and O–H groups in total. The molecule has 4 rings (SSSR count). The molecule has 0 unspecified atom stereocenters. The molecule has 36 heavy (non-hydrogen) atoms. The van der Waals surface area contributed by atoms with Crippen molar-refractivity contribution in [2.45, 2.75) is 19.4 Å². The van der Waals surface area contributed by atoms with E-state index in [-0.39, 0.29) is 18.4 Å². The molecule has 0 saturated carbocycles. The van der Waals surface area contributed by atoms with Crippen LogP contribution in [0.1, 0.15) is 17.5 Å². The molecule has 2 amide bonds. The number of hydrogen-bond donors (Lipinski definition) is 3. The SMILES string of the molecule is O=C(CCc1ccccc1)Nc1cccc(NC(=O)CNc2cccc(OCc3ccccc3)c2)c1. The minimum absolute atomic E-state index is 0.0710. The van der Waals surface area contributed by atoms with E-state index in [4.69, 9.17) is 4.74 Å². The third kappa shape index (κ3) is 8.02. The molecule has 6 heteroatoms. The van der Waals surface area contributed by atoms with Crippen molar-refractivity contribution < 1.29 is 14.3 Å². The molecule has 4 aromatic carbocycles. The first-order valence-electron chi connectivity index (χ1n) is 11.9. The molecule has 182 valence electrons. The van der Waals surface area contributed by atoms with Gasteiger partial charge in [0.1, 0.15) is 12.4 Å². The van der Waals surface area contributed by atoms with E-state index in [0.717, 1.165) is 22.6 Å². The van der Waals surface area contributed by atoms with E-state index in [1.165, 1.54) is 0 Å². The fourth-order valence-corrected chi connectivity index (χ4v) is 3.63. The monoisotopic (exact) mass is 479 g/mol. The number of aryl methyl sites for hydroxylation is 1. The molecule has 0 aliphatic rings. The molecule has 0 fully saturated rings. The highest BCUT2D eigenvalue weighted by molar-refractivity contribution is 5.95. The average Bonchev–Trinajstić information content (AvgIpc) is 2.91. The summed E-state index contributed by atoms with van der Waals surface area (Å²) in [5.74, 6) is 0.455. The van der Waals surface area contributed by atoms with Crippen molar-refractivity contribution in [1.29, 1.82) is 0 Å². The maximum Gasteiger partial charge on any atom is 0.243 e. The fraction of sp³-hybridized carbons (Fsp3) is 0.133. The maximum absolute atomic E-state index is 12.5. The molecule has 0 saturated heterocycles. The van der Waals surface area contributed by atoms with Crippen LogP contribution in [0, 0.1) is 0 Å². The van der Waals surface area contributed by atoms with E-state index in [9.17, 15) is 9.59 Å². The number of ether oxygens (including phenoxy) is 1. The van der Waals surface area contributed by atoms with Crippen LogP contribution in [0.4, 0.5) is 17.1 Å². The summed E-state index contributed by atoms with van der Waals surface area (Å²) in [5.41, 5.74) is 4.25. The number of amides is 2. The van der Waals surface area contributed by atoms with Crippen LogP contribution in [-0.2, 0) is 22.6 Å². The van der Waals surface area contributed by atoms with Crippen LogP contribution < -0.4 is 20.7 Å². The topological polar surface area (TPSA) is 79.5 Å². The lowest BCUT2D eigenvalue weighted by atomic mass is 10.1. The van der Waals surface area contributed by atoms with Crippen LogP contribution in [0.25, 0.3) is 0 Å². The van der Waals surface area contributed by atoms with Crippen LogP contribution in [-0.4, -0.2) is 18.4 Å². The quantitative estimate of drug-likeness (QED) is 0.251. The summed E-state index contributed by atoms with van der Waals surface area (Å²) in [4.78, 5) is 24.8. The molecule has 6 nitrogen and oxygen atoms in total. The predicted molar refractivity (Wildman–Crippen MR) is 144 cm³/mol. The van der Waals surface area contributed by atoms with Crippen molar-refractivity contribution in [3.8, 4) is 5.75 Å². The van der Waals surface area contributed by atoms with E-state index >= 15 is 0 Å². The number of rotatable bonds is 11. The van der Waals surface area contributed by atoms with Gasteiger partial charge in [-0.1, -0.05) is 72.8 Å². The number of carbonyl (C=O) groups excluding carboxylic acids is 2. The summed E-state index contributed by atoms with van der Waals surface area (Å²) in [7, 11) is 0. The van der Waals surface area contributed by atoms with Gasteiger partial charge in [0.05, 0.1) is 6.54 Å². The van der Waals surface area contributed by atoms with E-state index in [0.29, 0.717) is 30.8 Å². The van der Waals surface area contributed by atoms with Gasteiger partial charge in [0, 0.05) is 29.5 Å². The molecule has 0 bridgehead atoms. The summed E-state index contributed by atoms with van der Waals surface area (Å²) in [6.07, 6.45) is 1.06. The Morgan fingerprint density at radius 1 is 0.611 bits per heavy atom. The first kappa shape index (κ1) is 24.5. The zero-order valence-electron chi connectivity index (χ0n) is 19.9. The second-order valence-corrected chi connectivity index (χ2v) is 8.32. The van der Waals surface area contributed by atoms with Crippen molar-refractivity contribution >= 4 is 28.9 Å². The van der Waals surface area contributed by atoms with Gasteiger partial charge in [0.25, 0.3) is 0 Å². The third-order valence-electron chi connectivity index (χ3n) is 5.45. The summed E-state index contributed by atoms with van der Waals surface area (Å²) < 4.78 is 5.85. The molecular weight excluding hydrogens is 450 g/mol. The van der Waals surface area contributed by atoms with Gasteiger partial charge < -0.3 is 20.7 Å². The first-order valence-corrected chi connectivity index (χ1v) is 11.9. The minimum atomic E-state index is -0.196. The third-order valence-corrected chi connectivity index (χ3v) is 5.45. The highest BCUT2D eigenvalue weighted by atomic mass is 16.5. The zero-order chi connectivity index (χ0) is 25.0. The number of benzene rings is 4. The van der Waals surface area contributed by atoms with Crippen LogP contribution in [0.5, 0.6) is 5.75 Å². The fourth-order valence-electron chi connectivity index (χ4n) is 3.63. The second-order valence-electron chi connectivity index (χ2n) is 8.32. The Hall–Kier alpha value is -4.58. The lowest BCUT2D eigenvalue weighted by Crippen LogP contribution is -2.22. The van der Waals surface area contributed by atoms with E-state index in [2.05, 4.69) is 16.0 Å². The molecule has 4 aromatic rings. The highest BCUT2D eigenvalue weighted by Gasteiger charge is 2.07. The van der Waals surface area contributed by atoms with Crippen molar-refractivity contribution in [2.24, 2.45) is 0 Å². The molecule has 0 heterocycles. The van der Waals surface area contributed by atoms with Crippen LogP contribution >= 0.6 is 0 Å². The van der Waals surface area contributed by atoms with Gasteiger partial charge in [0.2, 0.25) is 11.8 Å². The molecule has 0 atom stereocenters. The Morgan fingerprint density at radius 3 is 1.94 bits per heavy atom. The van der Waals surface area contributed by atoms with Crippen molar-refractivity contribution in [1.82, 2.24) is 0 Å². The van der Waals surface area contributed by atoms with Crippen LogP contribution in [0.3, 0.4) is 0 Å². The molecule has 0 radical (unpaired) electrons. The maximum atomic E-state index is 12.5. The van der Waals surface area contributed by atoms with Gasteiger partial charge in [-0.05, 0) is 47.9 Å². The van der Waals surface area contributed by atoms with E-state index in [1.807, 2.05) is 84.9 Å². The van der Waals surface area contributed by atoms with Gasteiger partial charge in [-0.2, -0.15) is 0 Å². The Kier molecular flexibility index (Phi) is 8.70. The minimum Gasteiger partial charge on any atom is -0.489 e. The lowest BCUT2D eigenvalue weighted by molar-refractivity contribution is -0.116. The number of hydrogen-bond acceptors (Lipinski definition) is 4. The van der Waals surface area contributed by atoms with Crippen molar-refractivity contribution in [3.05, 3.63) is 120 Å². The van der Waals surface area contributed by atoms with Gasteiger partial charge in [-0.3, -0.25) is 9.59 Å². The Bertz CT molecular complexity index is 1280. The standard InChI is InChI=1S/C30H29N3O3/c34-29(18-17-23-9-3-1-4-10-23)32-26-14-7-15-27(19-26)33-30(35)21-31-25-13-8-16-28(20-25)36-22-24-11-5-2-6-12-24/h1-16,19-20,31H,17-18,21-22H2,(H,32,34)(H,33,35). The molecule has 0 aliphatic carbocycles. The van der Waals surface area contributed by atoms with Crippen LogP contribution in [0.15, 0.2) is 109 Å². The van der Waals surface area contributed by atoms with Gasteiger partial charge in [-0.25, -0.2) is 0 Å². The molecular formula is C30H29N3O3. The summed E-state index contributed by atoms with van der Waals surface area (Å²) >= 11 is 0. The molecule has 0 aliphatic heterocycles. The van der Waals surface area contributed by atoms with Crippen molar-refractivity contribution in [2.75, 3.05) is 22.5 Å². The second kappa shape index (κ2) is 12.8. The average molecular weight is 480 g/mol. The van der Waals surface area contributed by atoms with Gasteiger partial charge >= 0.3 is 0 Å². The largest absolute Gasteiger partial charge is 0.489 e. The zero-order valence-corrected chi connectivity index (χ0v) is 19.9. The molecule has 0 spiro atoms. The summed E-state index contributed by atoms with van der Waals surface area (Å²) in [5, 5.41) is 8.88. The van der Waals surface area contributed by atoms with Gasteiger partial charge in [-0.15, -0.1) is 0 Å². The summed E-state index contributed by atoms with van der Waals surface area (Å²) in [6.45, 7) is 0.569. The highest BCUT2D eigenvalue weighted by Crippen LogP contribution is 2.19. The number of nitrogens with one attached hydrogen (secondary N) is 3. The predicted octanol–water partition coefficient (Wildman–Crippen LogP) is 5.89. The van der Waals surface area contributed by atoms with E-state index in [1.54, 1.807) is 24.3 Å². The Labute approximate surface area is 211 Å². The van der Waals surface area contributed by atoms with Crippen LogP contribution in [0.2, 0.25) is 0 Å². The first-order chi connectivity index (χ1) is 17.6. The van der Waals surface area contributed by atoms with Crippen molar-refractivity contribution in [3.63, 3.8) is 0 Å². The van der Waals surface area contributed by atoms with E-state index < -0.39 is 0 Å². The Balaban J connectivity index is 1.23.